The maximum absolute atomic E-state index is 11.9. The van der Waals surface area contributed by atoms with Crippen LogP contribution in [-0.2, 0) is 0 Å². The summed E-state index contributed by atoms with van der Waals surface area (Å²) in [7, 11) is 0. The van der Waals surface area contributed by atoms with Gasteiger partial charge in [-0.15, -0.1) is 5.73 Å². The van der Waals surface area contributed by atoms with Crippen LogP contribution in [0.5, 0.6) is 0 Å². The molecule has 0 aliphatic rings. The van der Waals surface area contributed by atoms with Crippen LogP contribution in [0.1, 0.15) is 5.56 Å². The van der Waals surface area contributed by atoms with Crippen molar-refractivity contribution < 1.29 is 13.2 Å². The van der Waals surface area contributed by atoms with Gasteiger partial charge in [-0.2, -0.15) is 13.2 Å². The second-order valence-corrected chi connectivity index (χ2v) is 3.57. The van der Waals surface area contributed by atoms with Crippen molar-refractivity contribution in [2.75, 3.05) is 0 Å². The molecule has 0 N–H and O–H groups in total. The minimum Gasteiger partial charge on any atom is -0.166 e. The highest BCUT2D eigenvalue weighted by Gasteiger charge is 2.21. The van der Waals surface area contributed by atoms with Gasteiger partial charge in [0.15, 0.2) is 0 Å². The van der Waals surface area contributed by atoms with Crippen molar-refractivity contribution in [2.24, 2.45) is 0 Å². The molecule has 2 rings (SSSR count). The Morgan fingerprint density at radius 1 is 0.941 bits per heavy atom. The third-order valence-electron chi connectivity index (χ3n) is 2.31. The van der Waals surface area contributed by atoms with Crippen LogP contribution in [0.25, 0.3) is 16.8 Å². The van der Waals surface area contributed by atoms with Crippen molar-refractivity contribution in [3.8, 4) is 0 Å². The van der Waals surface area contributed by atoms with Gasteiger partial charge in [0.2, 0.25) is 0 Å². The van der Waals surface area contributed by atoms with E-state index in [1.165, 1.54) is 6.08 Å². The van der Waals surface area contributed by atoms with E-state index in [0.29, 0.717) is 0 Å². The van der Waals surface area contributed by atoms with E-state index in [1.54, 1.807) is 6.07 Å². The number of hydrogen-bond donors (Lipinski definition) is 0. The average molecular weight is 234 g/mol. The zero-order chi connectivity index (χ0) is 12.3. The predicted molar refractivity (Wildman–Crippen MR) is 62.6 cm³/mol. The van der Waals surface area contributed by atoms with E-state index >= 15 is 0 Å². The quantitative estimate of drug-likeness (QED) is 0.634. The molecular formula is C14H9F3. The Morgan fingerprint density at radius 2 is 1.65 bits per heavy atom. The molecule has 2 aromatic carbocycles. The molecule has 0 radical (unpaired) electrons. The Morgan fingerprint density at radius 3 is 2.41 bits per heavy atom. The third-order valence-corrected chi connectivity index (χ3v) is 2.31. The fourth-order valence-electron chi connectivity index (χ4n) is 1.60. The van der Waals surface area contributed by atoms with E-state index < -0.39 is 6.18 Å². The number of allylic oxidation sites excluding steroid dienone is 1. The number of halogens is 3. The smallest absolute Gasteiger partial charge is 0.166 e. The molecular weight excluding hydrogens is 225 g/mol. The molecule has 0 amide bonds. The van der Waals surface area contributed by atoms with Crippen molar-refractivity contribution in [3.63, 3.8) is 0 Å². The van der Waals surface area contributed by atoms with E-state index in [-0.39, 0.29) is 6.08 Å². The van der Waals surface area contributed by atoms with Crippen LogP contribution in [0.4, 0.5) is 13.2 Å². The van der Waals surface area contributed by atoms with Crippen LogP contribution >= 0.6 is 0 Å². The standard InChI is InChI=1S/C14H9F3/c15-14(16,17)10-4-8-12-7-3-6-11-5-1-2-9-13(11)12/h1-3,5-10H. The highest BCUT2D eigenvalue weighted by molar-refractivity contribution is 5.90. The molecule has 0 saturated heterocycles. The van der Waals surface area contributed by atoms with Crippen LogP contribution in [-0.4, -0.2) is 6.18 Å². The monoisotopic (exact) mass is 234 g/mol. The Bertz CT molecular complexity index is 582. The van der Waals surface area contributed by atoms with Crippen LogP contribution in [0.3, 0.4) is 0 Å². The van der Waals surface area contributed by atoms with Gasteiger partial charge in [0.1, 0.15) is 0 Å². The predicted octanol–water partition coefficient (Wildman–Crippen LogP) is 4.57. The average Bonchev–Trinajstić information content (AvgIpc) is 2.28. The number of alkyl halides is 3. The lowest BCUT2D eigenvalue weighted by Crippen LogP contribution is -1.99. The maximum atomic E-state index is 11.9. The summed E-state index contributed by atoms with van der Waals surface area (Å²) in [6.45, 7) is 0. The summed E-state index contributed by atoms with van der Waals surface area (Å²) in [6.07, 6.45) is -2.87. The maximum Gasteiger partial charge on any atom is 0.416 e. The summed E-state index contributed by atoms with van der Waals surface area (Å²) >= 11 is 0. The minimum atomic E-state index is -4.32. The van der Waals surface area contributed by atoms with Crippen molar-refractivity contribution >= 4 is 16.8 Å². The number of hydrogen-bond acceptors (Lipinski definition) is 0. The Labute approximate surface area is 96.7 Å². The lowest BCUT2D eigenvalue weighted by Gasteiger charge is -2.00. The molecule has 3 heteroatoms. The molecule has 86 valence electrons. The SMILES string of the molecule is FC(F)(F)C=C=Cc1cccc2ccccc12. The first kappa shape index (κ1) is 11.5. The van der Waals surface area contributed by atoms with Crippen molar-refractivity contribution in [1.29, 1.82) is 0 Å². The van der Waals surface area contributed by atoms with Gasteiger partial charge in [-0.25, -0.2) is 0 Å². The van der Waals surface area contributed by atoms with Crippen LogP contribution in [0.15, 0.2) is 54.3 Å². The zero-order valence-corrected chi connectivity index (χ0v) is 8.83. The summed E-state index contributed by atoms with van der Waals surface area (Å²) in [5.74, 6) is 0. The molecule has 0 saturated carbocycles. The van der Waals surface area contributed by atoms with Crippen molar-refractivity contribution in [1.82, 2.24) is 0 Å². The number of benzene rings is 2. The van der Waals surface area contributed by atoms with Gasteiger partial charge in [-0.05, 0) is 22.4 Å². The summed E-state index contributed by atoms with van der Waals surface area (Å²) in [4.78, 5) is 0. The van der Waals surface area contributed by atoms with Gasteiger partial charge in [-0.1, -0.05) is 42.5 Å². The number of fused-ring (bicyclic) bond motifs is 1. The van der Waals surface area contributed by atoms with Gasteiger partial charge in [0.05, 0.1) is 6.08 Å². The van der Waals surface area contributed by atoms with Gasteiger partial charge < -0.3 is 0 Å². The first-order valence-electron chi connectivity index (χ1n) is 5.04. The highest BCUT2D eigenvalue weighted by Crippen LogP contribution is 2.20. The van der Waals surface area contributed by atoms with Crippen LogP contribution in [0, 0.1) is 0 Å². The Hall–Kier alpha value is -1.99. The Kier molecular flexibility index (Phi) is 3.03. The fourth-order valence-corrected chi connectivity index (χ4v) is 1.60. The topological polar surface area (TPSA) is 0 Å². The van der Waals surface area contributed by atoms with Gasteiger partial charge in [0, 0.05) is 0 Å². The molecule has 0 aliphatic heterocycles. The fraction of sp³-hybridized carbons (Fsp3) is 0.0714. The summed E-state index contributed by atoms with van der Waals surface area (Å²) < 4.78 is 35.8. The molecule has 0 spiro atoms. The normalized spacial score (nSPS) is 11.0. The number of rotatable bonds is 1. The minimum absolute atomic E-state index is 0.106. The molecule has 0 atom stereocenters. The summed E-state index contributed by atoms with van der Waals surface area (Å²) in [6, 6.07) is 13.0. The van der Waals surface area contributed by atoms with Crippen LogP contribution < -0.4 is 0 Å². The first-order valence-corrected chi connectivity index (χ1v) is 5.04. The molecule has 0 fully saturated rings. The molecule has 0 aliphatic carbocycles. The first-order chi connectivity index (χ1) is 8.06. The molecule has 0 unspecified atom stereocenters. The molecule has 0 heterocycles. The lowest BCUT2D eigenvalue weighted by molar-refractivity contribution is -0.0796. The van der Waals surface area contributed by atoms with E-state index in [2.05, 4.69) is 5.73 Å². The van der Waals surface area contributed by atoms with E-state index in [0.717, 1.165) is 16.3 Å². The van der Waals surface area contributed by atoms with E-state index in [1.807, 2.05) is 36.4 Å². The second kappa shape index (κ2) is 4.48. The van der Waals surface area contributed by atoms with Crippen molar-refractivity contribution in [2.45, 2.75) is 6.18 Å². The van der Waals surface area contributed by atoms with Gasteiger partial charge >= 0.3 is 6.18 Å². The molecule has 2 aromatic rings. The molecule has 0 aromatic heterocycles. The lowest BCUT2D eigenvalue weighted by atomic mass is 10.0. The summed E-state index contributed by atoms with van der Waals surface area (Å²) in [5.41, 5.74) is 2.88. The highest BCUT2D eigenvalue weighted by atomic mass is 19.4. The third kappa shape index (κ3) is 2.99. The molecule has 0 bridgehead atoms. The molecule has 17 heavy (non-hydrogen) atoms. The summed E-state index contributed by atoms with van der Waals surface area (Å²) in [5, 5.41) is 1.91. The molecule has 0 nitrogen and oxygen atoms in total. The zero-order valence-electron chi connectivity index (χ0n) is 8.83. The van der Waals surface area contributed by atoms with E-state index in [4.69, 9.17) is 0 Å². The van der Waals surface area contributed by atoms with Gasteiger partial charge in [-0.3, -0.25) is 0 Å². The van der Waals surface area contributed by atoms with Crippen LogP contribution in [0.2, 0.25) is 0 Å². The Balaban J connectivity index is 2.47. The second-order valence-electron chi connectivity index (χ2n) is 3.57. The van der Waals surface area contributed by atoms with Gasteiger partial charge in [0.25, 0.3) is 0 Å². The largest absolute Gasteiger partial charge is 0.416 e. The van der Waals surface area contributed by atoms with E-state index in [9.17, 15) is 13.2 Å². The van der Waals surface area contributed by atoms with Crippen molar-refractivity contribution in [3.05, 3.63) is 59.8 Å².